The third kappa shape index (κ3) is 0.897. The lowest BCUT2D eigenvalue weighted by molar-refractivity contribution is 0.613. The zero-order valence-electron chi connectivity index (χ0n) is 6.23. The van der Waals surface area contributed by atoms with Gasteiger partial charge in [0, 0.05) is 5.69 Å². The van der Waals surface area contributed by atoms with E-state index in [9.17, 15) is 4.39 Å². The fraction of sp³-hybridized carbons (Fsp3) is 0.333. The molecule has 1 aromatic carbocycles. The molecule has 0 bridgehead atoms. The van der Waals surface area contributed by atoms with Crippen LogP contribution in [0.5, 0.6) is 0 Å². The van der Waals surface area contributed by atoms with E-state index < -0.39 is 0 Å². The van der Waals surface area contributed by atoms with Crippen molar-refractivity contribution < 1.29 is 4.39 Å². The Morgan fingerprint density at radius 3 is 2.64 bits per heavy atom. The van der Waals surface area contributed by atoms with Gasteiger partial charge in [-0.25, -0.2) is 4.39 Å². The molecule has 0 unspecified atom stereocenters. The van der Waals surface area contributed by atoms with Gasteiger partial charge in [0.1, 0.15) is 5.82 Å². The zero-order chi connectivity index (χ0) is 7.84. The molecule has 0 spiro atoms. The molecule has 0 aromatic heterocycles. The molecule has 2 rings (SSSR count). The topological polar surface area (TPSA) is 26.0 Å². The van der Waals surface area contributed by atoms with E-state index in [1.54, 1.807) is 6.07 Å². The molecule has 0 amide bonds. The van der Waals surface area contributed by atoms with E-state index in [1.165, 1.54) is 6.07 Å². The fourth-order valence-electron chi connectivity index (χ4n) is 1.69. The highest BCUT2D eigenvalue weighted by atomic mass is 19.1. The Bertz CT molecular complexity index is 265. The molecule has 1 aliphatic carbocycles. The quantitative estimate of drug-likeness (QED) is 0.563. The monoisotopic (exact) mass is 151 g/mol. The second kappa shape index (κ2) is 2.22. The highest BCUT2D eigenvalue weighted by molar-refractivity contribution is 5.53. The first-order chi connectivity index (χ1) is 5.29. The fourth-order valence-corrected chi connectivity index (χ4v) is 1.69. The molecule has 58 valence electrons. The molecule has 0 fully saturated rings. The second-order valence-electron chi connectivity index (χ2n) is 2.95. The van der Waals surface area contributed by atoms with E-state index in [2.05, 4.69) is 0 Å². The number of rotatable bonds is 0. The van der Waals surface area contributed by atoms with Crippen molar-refractivity contribution in [1.29, 1.82) is 0 Å². The molecule has 1 aliphatic rings. The number of nitrogens with two attached hydrogens (primary N) is 1. The lowest BCUT2D eigenvalue weighted by Gasteiger charge is -2.03. The minimum absolute atomic E-state index is 0.0910. The molecule has 0 atom stereocenters. The van der Waals surface area contributed by atoms with Gasteiger partial charge in [-0.1, -0.05) is 0 Å². The number of fused-ring (bicyclic) bond motifs is 1. The van der Waals surface area contributed by atoms with Gasteiger partial charge in [0.25, 0.3) is 0 Å². The molecule has 1 aromatic rings. The minimum Gasteiger partial charge on any atom is -0.398 e. The Hall–Kier alpha value is -1.05. The summed E-state index contributed by atoms with van der Waals surface area (Å²) in [5, 5.41) is 0. The van der Waals surface area contributed by atoms with Gasteiger partial charge in [0.15, 0.2) is 0 Å². The normalized spacial score (nSPS) is 15.0. The molecule has 2 heteroatoms. The average Bonchev–Trinajstić information content (AvgIpc) is 2.45. The van der Waals surface area contributed by atoms with Crippen molar-refractivity contribution >= 4 is 5.69 Å². The first-order valence-corrected chi connectivity index (χ1v) is 3.85. The smallest absolute Gasteiger partial charge is 0.126 e. The van der Waals surface area contributed by atoms with Crippen LogP contribution in [0.1, 0.15) is 17.5 Å². The van der Waals surface area contributed by atoms with E-state index in [0.717, 1.165) is 36.1 Å². The molecule has 0 heterocycles. The van der Waals surface area contributed by atoms with E-state index >= 15 is 0 Å². The standard InChI is InChI=1S/C9H10FN/c10-8-4-5-9(11)7-3-1-2-6(7)8/h4-5H,1-3,11H2. The highest BCUT2D eigenvalue weighted by Gasteiger charge is 2.16. The van der Waals surface area contributed by atoms with E-state index in [4.69, 9.17) is 5.73 Å². The van der Waals surface area contributed by atoms with Gasteiger partial charge >= 0.3 is 0 Å². The maximum Gasteiger partial charge on any atom is 0.126 e. The van der Waals surface area contributed by atoms with Crippen LogP contribution in [0.15, 0.2) is 12.1 Å². The second-order valence-corrected chi connectivity index (χ2v) is 2.95. The molecule has 1 nitrogen and oxygen atoms in total. The maximum atomic E-state index is 13.0. The maximum absolute atomic E-state index is 13.0. The van der Waals surface area contributed by atoms with Crippen LogP contribution in [-0.2, 0) is 12.8 Å². The van der Waals surface area contributed by atoms with Crippen LogP contribution in [0.4, 0.5) is 10.1 Å². The van der Waals surface area contributed by atoms with Gasteiger partial charge in [0.05, 0.1) is 0 Å². The number of nitrogen functional groups attached to an aromatic ring is 1. The molecule has 2 N–H and O–H groups in total. The van der Waals surface area contributed by atoms with Gasteiger partial charge in [-0.15, -0.1) is 0 Å². The van der Waals surface area contributed by atoms with Crippen LogP contribution in [0.25, 0.3) is 0 Å². The number of hydrogen-bond acceptors (Lipinski definition) is 1. The summed E-state index contributed by atoms with van der Waals surface area (Å²) >= 11 is 0. The van der Waals surface area contributed by atoms with Crippen LogP contribution >= 0.6 is 0 Å². The van der Waals surface area contributed by atoms with Crippen molar-refractivity contribution in [1.82, 2.24) is 0 Å². The van der Waals surface area contributed by atoms with Gasteiger partial charge < -0.3 is 5.73 Å². The van der Waals surface area contributed by atoms with Gasteiger partial charge in [-0.05, 0) is 42.5 Å². The molecule has 11 heavy (non-hydrogen) atoms. The lowest BCUT2D eigenvalue weighted by Crippen LogP contribution is -1.95. The third-order valence-corrected chi connectivity index (χ3v) is 2.26. The summed E-state index contributed by atoms with van der Waals surface area (Å²) in [6, 6.07) is 3.11. The molecular formula is C9H10FN. The average molecular weight is 151 g/mol. The minimum atomic E-state index is -0.0910. The van der Waals surface area contributed by atoms with Crippen LogP contribution in [0, 0.1) is 5.82 Å². The predicted molar refractivity (Wildman–Crippen MR) is 42.8 cm³/mol. The predicted octanol–water partition coefficient (Wildman–Crippen LogP) is 1.90. The third-order valence-electron chi connectivity index (χ3n) is 2.26. The summed E-state index contributed by atoms with van der Waals surface area (Å²) in [5.74, 6) is -0.0910. The Kier molecular flexibility index (Phi) is 1.34. The molecule has 0 saturated carbocycles. The zero-order valence-corrected chi connectivity index (χ0v) is 6.23. The molecule has 0 saturated heterocycles. The SMILES string of the molecule is Nc1ccc(F)c2c1CCC2. The van der Waals surface area contributed by atoms with Crippen molar-refractivity contribution in [3.05, 3.63) is 29.1 Å². The molecule has 0 radical (unpaired) electrons. The Morgan fingerprint density at radius 1 is 1.18 bits per heavy atom. The lowest BCUT2D eigenvalue weighted by atomic mass is 10.1. The number of hydrogen-bond donors (Lipinski definition) is 1. The van der Waals surface area contributed by atoms with Crippen molar-refractivity contribution in [2.75, 3.05) is 5.73 Å². The number of anilines is 1. The Balaban J connectivity index is 2.64. The number of benzene rings is 1. The summed E-state index contributed by atoms with van der Waals surface area (Å²) < 4.78 is 13.0. The summed E-state index contributed by atoms with van der Waals surface area (Å²) in [7, 11) is 0. The van der Waals surface area contributed by atoms with E-state index in [1.807, 2.05) is 0 Å². The summed E-state index contributed by atoms with van der Waals surface area (Å²) in [6.45, 7) is 0. The largest absolute Gasteiger partial charge is 0.398 e. The summed E-state index contributed by atoms with van der Waals surface area (Å²) in [6.07, 6.45) is 2.84. The van der Waals surface area contributed by atoms with E-state index in [0.29, 0.717) is 0 Å². The highest BCUT2D eigenvalue weighted by Crippen LogP contribution is 2.28. The summed E-state index contributed by atoms with van der Waals surface area (Å²) in [4.78, 5) is 0. The van der Waals surface area contributed by atoms with Crippen LogP contribution in [-0.4, -0.2) is 0 Å². The first-order valence-electron chi connectivity index (χ1n) is 3.85. The molecular weight excluding hydrogens is 141 g/mol. The first kappa shape index (κ1) is 6.65. The van der Waals surface area contributed by atoms with Crippen molar-refractivity contribution in [2.24, 2.45) is 0 Å². The van der Waals surface area contributed by atoms with Gasteiger partial charge in [-0.2, -0.15) is 0 Å². The van der Waals surface area contributed by atoms with Crippen molar-refractivity contribution in [3.63, 3.8) is 0 Å². The van der Waals surface area contributed by atoms with E-state index in [-0.39, 0.29) is 5.82 Å². The Labute approximate surface area is 65.0 Å². The van der Waals surface area contributed by atoms with Gasteiger partial charge in [-0.3, -0.25) is 0 Å². The number of halogens is 1. The van der Waals surface area contributed by atoms with Crippen molar-refractivity contribution in [2.45, 2.75) is 19.3 Å². The Morgan fingerprint density at radius 2 is 1.91 bits per heavy atom. The van der Waals surface area contributed by atoms with Crippen LogP contribution in [0.2, 0.25) is 0 Å². The van der Waals surface area contributed by atoms with Crippen molar-refractivity contribution in [3.8, 4) is 0 Å². The van der Waals surface area contributed by atoms with Gasteiger partial charge in [0.2, 0.25) is 0 Å². The van der Waals surface area contributed by atoms with Crippen LogP contribution < -0.4 is 5.73 Å². The van der Waals surface area contributed by atoms with Crippen LogP contribution in [0.3, 0.4) is 0 Å². The summed E-state index contributed by atoms with van der Waals surface area (Å²) in [5.41, 5.74) is 8.29. The molecule has 0 aliphatic heterocycles.